The van der Waals surface area contributed by atoms with E-state index in [1.54, 1.807) is 0 Å². The molecule has 0 aliphatic carbocycles. The van der Waals surface area contributed by atoms with E-state index >= 15 is 0 Å². The van der Waals surface area contributed by atoms with E-state index in [0.717, 1.165) is 82.7 Å². The Morgan fingerprint density at radius 3 is 2.77 bits per heavy atom. The van der Waals surface area contributed by atoms with E-state index in [9.17, 15) is 0 Å². The Balaban J connectivity index is 1.30. The lowest BCUT2D eigenvalue weighted by molar-refractivity contribution is 0.0195. The van der Waals surface area contributed by atoms with Crippen molar-refractivity contribution in [1.82, 2.24) is 24.9 Å². The van der Waals surface area contributed by atoms with Gasteiger partial charge in [0.25, 0.3) is 0 Å². The number of likely N-dealkylation sites (tertiary alicyclic amines) is 1. The first-order chi connectivity index (χ1) is 15.2. The van der Waals surface area contributed by atoms with Crippen molar-refractivity contribution >= 4 is 5.96 Å². The molecule has 2 saturated heterocycles. The summed E-state index contributed by atoms with van der Waals surface area (Å²) < 4.78 is 7.49. The number of hydrogen-bond donors (Lipinski definition) is 1. The van der Waals surface area contributed by atoms with E-state index in [0.29, 0.717) is 6.04 Å². The highest BCUT2D eigenvalue weighted by Crippen LogP contribution is 2.17. The molecule has 2 aliphatic rings. The van der Waals surface area contributed by atoms with Crippen molar-refractivity contribution in [2.24, 2.45) is 4.99 Å². The molecule has 0 spiro atoms. The van der Waals surface area contributed by atoms with Gasteiger partial charge in [0, 0.05) is 51.5 Å². The van der Waals surface area contributed by atoms with Crippen molar-refractivity contribution in [2.75, 3.05) is 52.5 Å². The number of morpholine rings is 1. The maximum Gasteiger partial charge on any atom is 0.193 e. The number of benzene rings is 1. The summed E-state index contributed by atoms with van der Waals surface area (Å²) >= 11 is 0. The van der Waals surface area contributed by atoms with Crippen LogP contribution in [0.15, 0.2) is 41.5 Å². The Labute approximate surface area is 186 Å². The molecule has 3 heterocycles. The minimum atomic E-state index is 0.624. The lowest BCUT2D eigenvalue weighted by Gasteiger charge is -2.32. The van der Waals surface area contributed by atoms with Gasteiger partial charge in [-0.2, -0.15) is 5.10 Å². The summed E-state index contributed by atoms with van der Waals surface area (Å²) in [4.78, 5) is 9.96. The van der Waals surface area contributed by atoms with Gasteiger partial charge in [-0.15, -0.1) is 0 Å². The van der Waals surface area contributed by atoms with Gasteiger partial charge in [0.15, 0.2) is 5.96 Å². The SMILES string of the molecule is CCNC(=NCCCc1cn(-c2ccccc2)nc1C)N1CCC(N2CCOCC2)C1. The summed E-state index contributed by atoms with van der Waals surface area (Å²) in [5.74, 6) is 1.06. The molecule has 0 amide bonds. The summed E-state index contributed by atoms with van der Waals surface area (Å²) in [6.45, 7) is 12.0. The summed E-state index contributed by atoms with van der Waals surface area (Å²) in [6, 6.07) is 10.9. The Morgan fingerprint density at radius 1 is 1.19 bits per heavy atom. The van der Waals surface area contributed by atoms with Crippen LogP contribution in [0.2, 0.25) is 0 Å². The van der Waals surface area contributed by atoms with Crippen molar-refractivity contribution in [3.8, 4) is 5.69 Å². The standard InChI is InChI=1S/C24H36N6O/c1-3-25-24(29-13-11-23(19-29)28-14-16-31-17-15-28)26-12-7-8-21-18-30(27-20(21)2)22-9-5-4-6-10-22/h4-6,9-10,18,23H,3,7-8,11-17,19H2,1-2H3,(H,25,26). The van der Waals surface area contributed by atoms with Gasteiger partial charge in [-0.05, 0) is 50.8 Å². The largest absolute Gasteiger partial charge is 0.379 e. The number of ether oxygens (including phenoxy) is 1. The first-order valence-corrected chi connectivity index (χ1v) is 11.7. The monoisotopic (exact) mass is 424 g/mol. The maximum absolute atomic E-state index is 5.51. The molecule has 7 heteroatoms. The molecule has 0 bridgehead atoms. The molecule has 1 N–H and O–H groups in total. The third kappa shape index (κ3) is 5.66. The van der Waals surface area contributed by atoms with Crippen LogP contribution >= 0.6 is 0 Å². The number of rotatable bonds is 7. The second-order valence-corrected chi connectivity index (χ2v) is 8.40. The van der Waals surface area contributed by atoms with Crippen LogP contribution in [0.3, 0.4) is 0 Å². The smallest absolute Gasteiger partial charge is 0.193 e. The Bertz CT molecular complexity index is 843. The van der Waals surface area contributed by atoms with Crippen LogP contribution in [0.25, 0.3) is 5.69 Å². The van der Waals surface area contributed by atoms with Crippen LogP contribution in [0, 0.1) is 6.92 Å². The van der Waals surface area contributed by atoms with Gasteiger partial charge in [-0.3, -0.25) is 9.89 Å². The van der Waals surface area contributed by atoms with Crippen molar-refractivity contribution in [1.29, 1.82) is 0 Å². The van der Waals surface area contributed by atoms with Crippen LogP contribution in [0.1, 0.15) is 31.0 Å². The quantitative estimate of drug-likeness (QED) is 0.420. The second-order valence-electron chi connectivity index (χ2n) is 8.40. The topological polar surface area (TPSA) is 57.9 Å². The Morgan fingerprint density at radius 2 is 2.00 bits per heavy atom. The second kappa shape index (κ2) is 10.8. The van der Waals surface area contributed by atoms with Crippen LogP contribution in [0.5, 0.6) is 0 Å². The van der Waals surface area contributed by atoms with E-state index in [1.807, 2.05) is 22.9 Å². The van der Waals surface area contributed by atoms with Crippen LogP contribution in [-0.2, 0) is 11.2 Å². The zero-order valence-corrected chi connectivity index (χ0v) is 19.0. The minimum absolute atomic E-state index is 0.624. The van der Waals surface area contributed by atoms with Gasteiger partial charge >= 0.3 is 0 Å². The first kappa shape index (κ1) is 21.8. The molecule has 4 rings (SSSR count). The highest BCUT2D eigenvalue weighted by Gasteiger charge is 2.30. The van der Waals surface area contributed by atoms with Gasteiger partial charge in [0.2, 0.25) is 0 Å². The third-order valence-corrected chi connectivity index (χ3v) is 6.25. The predicted molar refractivity (Wildman–Crippen MR) is 125 cm³/mol. The summed E-state index contributed by atoms with van der Waals surface area (Å²) in [5.41, 5.74) is 3.51. The lowest BCUT2D eigenvalue weighted by atomic mass is 10.1. The molecule has 1 atom stereocenters. The average Bonchev–Trinajstić information content (AvgIpc) is 3.44. The van der Waals surface area contributed by atoms with Crippen LogP contribution in [0.4, 0.5) is 0 Å². The summed E-state index contributed by atoms with van der Waals surface area (Å²) in [6.07, 6.45) is 5.39. The highest BCUT2D eigenvalue weighted by molar-refractivity contribution is 5.80. The molecule has 2 aromatic rings. The zero-order chi connectivity index (χ0) is 21.5. The molecule has 2 fully saturated rings. The minimum Gasteiger partial charge on any atom is -0.379 e. The number of hydrogen-bond acceptors (Lipinski definition) is 4. The molecule has 168 valence electrons. The number of nitrogens with zero attached hydrogens (tertiary/aromatic N) is 5. The number of aryl methyl sites for hydroxylation is 2. The molecule has 1 unspecified atom stereocenters. The fraction of sp³-hybridized carbons (Fsp3) is 0.583. The fourth-order valence-electron chi connectivity index (χ4n) is 4.51. The van der Waals surface area contributed by atoms with E-state index in [4.69, 9.17) is 9.73 Å². The average molecular weight is 425 g/mol. The highest BCUT2D eigenvalue weighted by atomic mass is 16.5. The van der Waals surface area contributed by atoms with Gasteiger partial charge in [0.1, 0.15) is 0 Å². The number of para-hydroxylation sites is 1. The van der Waals surface area contributed by atoms with E-state index in [1.165, 1.54) is 12.0 Å². The van der Waals surface area contributed by atoms with E-state index in [2.05, 4.69) is 52.4 Å². The lowest BCUT2D eigenvalue weighted by Crippen LogP contribution is -2.46. The van der Waals surface area contributed by atoms with Crippen molar-refractivity contribution in [3.05, 3.63) is 47.8 Å². The van der Waals surface area contributed by atoms with Gasteiger partial charge < -0.3 is 15.0 Å². The summed E-state index contributed by atoms with van der Waals surface area (Å²) in [5, 5.41) is 8.19. The molecule has 2 aliphatic heterocycles. The number of aliphatic imine (C=N–C) groups is 1. The normalized spacial score (nSPS) is 20.4. The zero-order valence-electron chi connectivity index (χ0n) is 19.0. The van der Waals surface area contributed by atoms with E-state index < -0.39 is 0 Å². The van der Waals surface area contributed by atoms with Crippen molar-refractivity contribution in [3.63, 3.8) is 0 Å². The van der Waals surface area contributed by atoms with Crippen molar-refractivity contribution in [2.45, 2.75) is 39.2 Å². The Hall–Kier alpha value is -2.38. The number of guanidine groups is 1. The number of aromatic nitrogens is 2. The predicted octanol–water partition coefficient (Wildman–Crippen LogP) is 2.49. The first-order valence-electron chi connectivity index (χ1n) is 11.7. The summed E-state index contributed by atoms with van der Waals surface area (Å²) in [7, 11) is 0. The van der Waals surface area contributed by atoms with Crippen molar-refractivity contribution < 1.29 is 4.74 Å². The molecule has 31 heavy (non-hydrogen) atoms. The van der Waals surface area contributed by atoms with Gasteiger partial charge in [-0.1, -0.05) is 18.2 Å². The molecule has 7 nitrogen and oxygen atoms in total. The van der Waals surface area contributed by atoms with Crippen LogP contribution < -0.4 is 5.32 Å². The van der Waals surface area contributed by atoms with Gasteiger partial charge in [0.05, 0.1) is 24.6 Å². The number of nitrogens with one attached hydrogen (secondary N) is 1. The maximum atomic E-state index is 5.51. The van der Waals surface area contributed by atoms with E-state index in [-0.39, 0.29) is 0 Å². The van der Waals surface area contributed by atoms with Crippen LogP contribution in [-0.4, -0.2) is 84.1 Å². The molecule has 0 saturated carbocycles. The molecular formula is C24H36N6O. The molecular weight excluding hydrogens is 388 g/mol. The third-order valence-electron chi connectivity index (χ3n) is 6.25. The molecule has 1 aromatic carbocycles. The molecule has 1 aromatic heterocycles. The Kier molecular flexibility index (Phi) is 7.59. The molecule has 0 radical (unpaired) electrons. The van der Waals surface area contributed by atoms with Gasteiger partial charge in [-0.25, -0.2) is 4.68 Å². The fourth-order valence-corrected chi connectivity index (χ4v) is 4.51.